The number of carbonyl (C=O) groups is 1. The summed E-state index contributed by atoms with van der Waals surface area (Å²) >= 11 is 0. The Balaban J connectivity index is 1.60. The van der Waals surface area contributed by atoms with Crippen molar-refractivity contribution in [2.45, 2.75) is 25.3 Å². The first-order valence-corrected chi connectivity index (χ1v) is 8.13. The number of nitrogens with zero attached hydrogens (tertiary/aromatic N) is 4. The van der Waals surface area contributed by atoms with E-state index >= 15 is 0 Å². The first-order chi connectivity index (χ1) is 11.7. The van der Waals surface area contributed by atoms with E-state index in [0.717, 1.165) is 30.5 Å². The monoisotopic (exact) mass is 321 g/mol. The van der Waals surface area contributed by atoms with Crippen molar-refractivity contribution in [2.75, 3.05) is 0 Å². The molecule has 24 heavy (non-hydrogen) atoms. The first-order valence-electron chi connectivity index (χ1n) is 8.13. The van der Waals surface area contributed by atoms with Crippen molar-refractivity contribution in [1.82, 2.24) is 24.6 Å². The van der Waals surface area contributed by atoms with E-state index in [4.69, 9.17) is 0 Å². The van der Waals surface area contributed by atoms with Gasteiger partial charge in [0.25, 0.3) is 5.91 Å². The maximum Gasteiger partial charge on any atom is 0.270 e. The second kappa shape index (κ2) is 5.96. The van der Waals surface area contributed by atoms with E-state index in [2.05, 4.69) is 15.4 Å². The highest BCUT2D eigenvalue weighted by Gasteiger charge is 2.26. The number of hydrogen-bond acceptors (Lipinski definition) is 3. The maximum atomic E-state index is 12.8. The summed E-state index contributed by atoms with van der Waals surface area (Å²) in [6.07, 6.45) is 8.14. The highest BCUT2D eigenvalue weighted by Crippen LogP contribution is 2.29. The first kappa shape index (κ1) is 14.7. The van der Waals surface area contributed by atoms with Gasteiger partial charge in [0.2, 0.25) is 0 Å². The number of carbonyl (C=O) groups excluding carboxylic acids is 1. The second-order valence-electron chi connectivity index (χ2n) is 6.07. The molecule has 0 saturated heterocycles. The van der Waals surface area contributed by atoms with Gasteiger partial charge in [-0.2, -0.15) is 5.10 Å². The van der Waals surface area contributed by atoms with Crippen molar-refractivity contribution < 1.29 is 4.79 Å². The molecule has 3 aromatic rings. The molecule has 4 rings (SSSR count). The summed E-state index contributed by atoms with van der Waals surface area (Å²) in [6.45, 7) is 0. The lowest BCUT2D eigenvalue weighted by molar-refractivity contribution is 0.0925. The number of benzene rings is 1. The van der Waals surface area contributed by atoms with Crippen LogP contribution in [-0.4, -0.2) is 25.2 Å². The average molecular weight is 321 g/mol. The molecule has 0 aliphatic heterocycles. The van der Waals surface area contributed by atoms with Gasteiger partial charge in [0.05, 0.1) is 24.8 Å². The van der Waals surface area contributed by atoms with Gasteiger partial charge >= 0.3 is 0 Å². The Morgan fingerprint density at radius 2 is 2.08 bits per heavy atom. The van der Waals surface area contributed by atoms with Crippen LogP contribution in [-0.2, 0) is 13.5 Å². The van der Waals surface area contributed by atoms with Gasteiger partial charge < -0.3 is 5.32 Å². The van der Waals surface area contributed by atoms with Crippen LogP contribution in [0.4, 0.5) is 0 Å². The summed E-state index contributed by atoms with van der Waals surface area (Å²) in [4.78, 5) is 16.9. The lowest BCUT2D eigenvalue weighted by Crippen LogP contribution is -2.32. The number of amides is 1. The van der Waals surface area contributed by atoms with E-state index in [0.29, 0.717) is 5.69 Å². The Labute approximate surface area is 140 Å². The predicted octanol–water partition coefficient (Wildman–Crippen LogP) is 2.41. The van der Waals surface area contributed by atoms with E-state index in [1.54, 1.807) is 12.5 Å². The van der Waals surface area contributed by atoms with Crippen molar-refractivity contribution >= 4 is 5.91 Å². The Bertz CT molecular complexity index is 865. The summed E-state index contributed by atoms with van der Waals surface area (Å²) < 4.78 is 3.71. The SMILES string of the molecule is Cn1ncc2c1CCC[C@H]2NC(=O)c1cncn1-c1ccccc1. The minimum Gasteiger partial charge on any atom is -0.344 e. The quantitative estimate of drug-likeness (QED) is 0.806. The standard InChI is InChI=1S/C18H19N5O/c1-22-16-9-5-8-15(14(16)10-20-22)21-18(24)17-11-19-12-23(17)13-6-3-2-4-7-13/h2-4,6-7,10-12,15H,5,8-9H2,1H3,(H,21,24)/t15-/m1/s1. The Hall–Kier alpha value is -2.89. The third kappa shape index (κ3) is 2.50. The Morgan fingerprint density at radius 1 is 1.25 bits per heavy atom. The highest BCUT2D eigenvalue weighted by atomic mass is 16.2. The molecule has 0 saturated carbocycles. The largest absolute Gasteiger partial charge is 0.344 e. The molecule has 1 aliphatic rings. The van der Waals surface area contributed by atoms with Gasteiger partial charge in [-0.1, -0.05) is 18.2 Å². The van der Waals surface area contributed by atoms with Crippen molar-refractivity contribution in [3.05, 3.63) is 66.0 Å². The van der Waals surface area contributed by atoms with E-state index in [1.165, 1.54) is 5.69 Å². The van der Waals surface area contributed by atoms with E-state index in [9.17, 15) is 4.79 Å². The molecule has 0 spiro atoms. The summed E-state index contributed by atoms with van der Waals surface area (Å²) in [7, 11) is 1.95. The average Bonchev–Trinajstić information content (AvgIpc) is 3.24. The van der Waals surface area contributed by atoms with E-state index in [1.807, 2.05) is 52.8 Å². The molecule has 1 atom stereocenters. The van der Waals surface area contributed by atoms with Crippen LogP contribution in [0.25, 0.3) is 5.69 Å². The van der Waals surface area contributed by atoms with Crippen LogP contribution in [0.2, 0.25) is 0 Å². The smallest absolute Gasteiger partial charge is 0.270 e. The number of para-hydroxylation sites is 1. The molecule has 2 heterocycles. The second-order valence-corrected chi connectivity index (χ2v) is 6.07. The minimum absolute atomic E-state index is 0.00840. The van der Waals surface area contributed by atoms with Gasteiger partial charge in [-0.15, -0.1) is 0 Å². The van der Waals surface area contributed by atoms with Crippen LogP contribution in [0.15, 0.2) is 49.1 Å². The van der Waals surface area contributed by atoms with E-state index in [-0.39, 0.29) is 11.9 Å². The molecule has 2 aromatic heterocycles. The summed E-state index contributed by atoms with van der Waals surface area (Å²) in [5.74, 6) is -0.113. The van der Waals surface area contributed by atoms with Crippen LogP contribution in [0, 0.1) is 0 Å². The molecule has 122 valence electrons. The summed E-state index contributed by atoms with van der Waals surface area (Å²) in [5, 5.41) is 7.48. The lowest BCUT2D eigenvalue weighted by atomic mass is 9.93. The zero-order chi connectivity index (χ0) is 16.5. The zero-order valence-corrected chi connectivity index (χ0v) is 13.5. The number of aryl methyl sites for hydroxylation is 1. The fraction of sp³-hybridized carbons (Fsp3) is 0.278. The highest BCUT2D eigenvalue weighted by molar-refractivity contribution is 5.93. The molecule has 1 amide bonds. The maximum absolute atomic E-state index is 12.8. The Kier molecular flexibility index (Phi) is 3.65. The van der Waals surface area contributed by atoms with Crippen LogP contribution < -0.4 is 5.32 Å². The molecule has 0 bridgehead atoms. The number of aromatic nitrogens is 4. The van der Waals surface area contributed by atoms with Crippen LogP contribution in [0.3, 0.4) is 0 Å². The molecular formula is C18H19N5O. The third-order valence-corrected chi connectivity index (χ3v) is 4.59. The van der Waals surface area contributed by atoms with Crippen LogP contribution in [0.1, 0.15) is 40.6 Å². The number of nitrogens with one attached hydrogen (secondary N) is 1. The minimum atomic E-state index is -0.113. The fourth-order valence-corrected chi connectivity index (χ4v) is 3.35. The van der Waals surface area contributed by atoms with Crippen molar-refractivity contribution in [2.24, 2.45) is 7.05 Å². The van der Waals surface area contributed by atoms with Crippen molar-refractivity contribution in [3.8, 4) is 5.69 Å². The third-order valence-electron chi connectivity index (χ3n) is 4.59. The number of fused-ring (bicyclic) bond motifs is 1. The summed E-state index contributed by atoms with van der Waals surface area (Å²) in [5.41, 5.74) is 3.80. The van der Waals surface area contributed by atoms with Gasteiger partial charge in [-0.25, -0.2) is 4.98 Å². The van der Waals surface area contributed by atoms with Crippen LogP contribution in [0.5, 0.6) is 0 Å². The molecule has 6 heteroatoms. The van der Waals surface area contributed by atoms with Gasteiger partial charge in [0.15, 0.2) is 0 Å². The van der Waals surface area contributed by atoms with Crippen LogP contribution >= 0.6 is 0 Å². The van der Waals surface area contributed by atoms with Crippen molar-refractivity contribution in [1.29, 1.82) is 0 Å². The molecule has 1 aliphatic carbocycles. The zero-order valence-electron chi connectivity index (χ0n) is 13.5. The molecule has 0 radical (unpaired) electrons. The summed E-state index contributed by atoms with van der Waals surface area (Å²) in [6, 6.07) is 9.76. The number of rotatable bonds is 3. The molecule has 0 unspecified atom stereocenters. The van der Waals surface area contributed by atoms with Crippen molar-refractivity contribution in [3.63, 3.8) is 0 Å². The fourth-order valence-electron chi connectivity index (χ4n) is 3.35. The number of imidazole rings is 1. The molecule has 1 N–H and O–H groups in total. The van der Waals surface area contributed by atoms with Gasteiger partial charge in [-0.3, -0.25) is 14.0 Å². The topological polar surface area (TPSA) is 64.7 Å². The number of hydrogen-bond donors (Lipinski definition) is 1. The molecule has 1 aromatic carbocycles. The van der Waals surface area contributed by atoms with Gasteiger partial charge in [0.1, 0.15) is 5.69 Å². The lowest BCUT2D eigenvalue weighted by Gasteiger charge is -2.24. The predicted molar refractivity (Wildman–Crippen MR) is 89.9 cm³/mol. The molecular weight excluding hydrogens is 302 g/mol. The van der Waals surface area contributed by atoms with Gasteiger partial charge in [0, 0.05) is 24.0 Å². The van der Waals surface area contributed by atoms with E-state index < -0.39 is 0 Å². The Morgan fingerprint density at radius 3 is 2.92 bits per heavy atom. The normalized spacial score (nSPS) is 16.6. The molecule has 6 nitrogen and oxygen atoms in total. The van der Waals surface area contributed by atoms with Gasteiger partial charge in [-0.05, 0) is 31.4 Å². The molecule has 0 fully saturated rings.